The van der Waals surface area contributed by atoms with Crippen LogP contribution in [0.25, 0.3) is 0 Å². The minimum absolute atomic E-state index is 0.0577. The van der Waals surface area contributed by atoms with Gasteiger partial charge in [-0.05, 0) is 30.8 Å². The molecule has 0 spiro atoms. The molecule has 2 amide bonds. The fourth-order valence-electron chi connectivity index (χ4n) is 3.78. The van der Waals surface area contributed by atoms with E-state index < -0.39 is 5.54 Å². The standard InChI is InChI=1S/C19H25NO2/c1-6-14(3)8-9-15(7-2)19(12-18(4,5)13-19)20-16(21)10-11-17(20)22/h6-9H,1-2,10-13H2,3-5H3/b14-8-,15-9+. The molecule has 0 N–H and O–H groups in total. The second kappa shape index (κ2) is 5.71. The van der Waals surface area contributed by atoms with Crippen molar-refractivity contribution in [2.75, 3.05) is 0 Å². The maximum atomic E-state index is 12.3. The first-order valence-electron chi connectivity index (χ1n) is 7.75. The molecule has 1 aliphatic heterocycles. The lowest BCUT2D eigenvalue weighted by atomic mass is 9.55. The molecule has 0 aromatic carbocycles. The second-order valence-electron chi connectivity index (χ2n) is 7.11. The highest BCUT2D eigenvalue weighted by Gasteiger charge is 2.58. The van der Waals surface area contributed by atoms with Crippen LogP contribution < -0.4 is 0 Å². The Morgan fingerprint density at radius 1 is 1.05 bits per heavy atom. The monoisotopic (exact) mass is 299 g/mol. The van der Waals surface area contributed by atoms with Crippen LogP contribution in [0.5, 0.6) is 0 Å². The van der Waals surface area contributed by atoms with E-state index in [1.807, 2.05) is 19.1 Å². The van der Waals surface area contributed by atoms with E-state index in [1.54, 1.807) is 12.2 Å². The molecule has 0 aromatic rings. The van der Waals surface area contributed by atoms with Crippen molar-refractivity contribution in [2.45, 2.75) is 52.0 Å². The van der Waals surface area contributed by atoms with E-state index in [2.05, 4.69) is 27.0 Å². The van der Waals surface area contributed by atoms with Gasteiger partial charge in [0, 0.05) is 12.8 Å². The van der Waals surface area contributed by atoms with Crippen molar-refractivity contribution in [1.29, 1.82) is 0 Å². The number of nitrogens with zero attached hydrogens (tertiary/aromatic N) is 1. The molecule has 1 saturated carbocycles. The molecular formula is C19H25NO2. The van der Waals surface area contributed by atoms with Gasteiger partial charge in [-0.15, -0.1) is 0 Å². The third kappa shape index (κ3) is 2.72. The van der Waals surface area contributed by atoms with E-state index in [4.69, 9.17) is 0 Å². The smallest absolute Gasteiger partial charge is 0.230 e. The molecule has 3 heteroatoms. The fourth-order valence-corrected chi connectivity index (χ4v) is 3.78. The van der Waals surface area contributed by atoms with Crippen molar-refractivity contribution in [1.82, 2.24) is 4.90 Å². The van der Waals surface area contributed by atoms with Crippen LogP contribution in [0.1, 0.15) is 46.5 Å². The summed E-state index contributed by atoms with van der Waals surface area (Å²) in [6, 6.07) is 0. The molecule has 0 bridgehead atoms. The number of imide groups is 1. The van der Waals surface area contributed by atoms with E-state index in [9.17, 15) is 9.59 Å². The average Bonchev–Trinajstić information content (AvgIpc) is 2.76. The Balaban J connectivity index is 2.46. The van der Waals surface area contributed by atoms with Gasteiger partial charge in [0.25, 0.3) is 0 Å². The lowest BCUT2D eigenvalue weighted by Gasteiger charge is -2.57. The first-order valence-corrected chi connectivity index (χ1v) is 7.75. The summed E-state index contributed by atoms with van der Waals surface area (Å²) in [5, 5.41) is 0. The van der Waals surface area contributed by atoms with Gasteiger partial charge < -0.3 is 0 Å². The minimum Gasteiger partial charge on any atom is -0.274 e. The number of carbonyl (C=O) groups excluding carboxylic acids is 2. The largest absolute Gasteiger partial charge is 0.274 e. The zero-order valence-electron chi connectivity index (χ0n) is 13.8. The summed E-state index contributed by atoms with van der Waals surface area (Å²) in [4.78, 5) is 26.0. The van der Waals surface area contributed by atoms with E-state index in [0.717, 1.165) is 24.0 Å². The molecule has 1 heterocycles. The van der Waals surface area contributed by atoms with Crippen LogP contribution in [-0.4, -0.2) is 22.3 Å². The fraction of sp³-hybridized carbons (Fsp3) is 0.474. The first-order chi connectivity index (χ1) is 10.3. The molecule has 0 unspecified atom stereocenters. The van der Waals surface area contributed by atoms with Crippen molar-refractivity contribution in [3.05, 3.63) is 48.6 Å². The van der Waals surface area contributed by atoms with E-state index in [-0.39, 0.29) is 17.2 Å². The molecule has 0 aromatic heterocycles. The maximum Gasteiger partial charge on any atom is 0.230 e. The van der Waals surface area contributed by atoms with Gasteiger partial charge in [-0.3, -0.25) is 14.5 Å². The van der Waals surface area contributed by atoms with Gasteiger partial charge in [-0.2, -0.15) is 0 Å². The highest BCUT2D eigenvalue weighted by molar-refractivity contribution is 6.03. The zero-order valence-corrected chi connectivity index (χ0v) is 13.8. The van der Waals surface area contributed by atoms with Crippen molar-refractivity contribution >= 4 is 11.8 Å². The van der Waals surface area contributed by atoms with Crippen LogP contribution in [0.4, 0.5) is 0 Å². The van der Waals surface area contributed by atoms with Crippen LogP contribution in [0.2, 0.25) is 0 Å². The lowest BCUT2D eigenvalue weighted by Crippen LogP contribution is -2.63. The van der Waals surface area contributed by atoms with Crippen LogP contribution in [0, 0.1) is 5.41 Å². The predicted molar refractivity (Wildman–Crippen MR) is 89.1 cm³/mol. The van der Waals surface area contributed by atoms with E-state index in [0.29, 0.717) is 12.8 Å². The molecule has 2 aliphatic rings. The second-order valence-corrected chi connectivity index (χ2v) is 7.11. The summed E-state index contributed by atoms with van der Waals surface area (Å²) in [6.45, 7) is 14.0. The average molecular weight is 299 g/mol. The number of likely N-dealkylation sites (tertiary alicyclic amines) is 1. The SMILES string of the molecule is C=C/C(C)=C\C=C(/C=C)C1(N2C(=O)CCC2=O)CC(C)(C)C1. The van der Waals surface area contributed by atoms with Crippen molar-refractivity contribution in [2.24, 2.45) is 5.41 Å². The molecule has 1 aliphatic carbocycles. The Hall–Kier alpha value is -1.90. The summed E-state index contributed by atoms with van der Waals surface area (Å²) >= 11 is 0. The van der Waals surface area contributed by atoms with Crippen LogP contribution in [-0.2, 0) is 9.59 Å². The molecule has 118 valence electrons. The molecule has 3 nitrogen and oxygen atoms in total. The summed E-state index contributed by atoms with van der Waals surface area (Å²) in [7, 11) is 0. The van der Waals surface area contributed by atoms with Crippen molar-refractivity contribution in [3.8, 4) is 0 Å². The summed E-state index contributed by atoms with van der Waals surface area (Å²) in [5.74, 6) is -0.115. The van der Waals surface area contributed by atoms with Gasteiger partial charge in [0.15, 0.2) is 0 Å². The number of rotatable bonds is 5. The molecule has 22 heavy (non-hydrogen) atoms. The van der Waals surface area contributed by atoms with Crippen LogP contribution in [0.3, 0.4) is 0 Å². The van der Waals surface area contributed by atoms with Gasteiger partial charge in [0.1, 0.15) is 0 Å². The minimum atomic E-state index is -0.520. The maximum absolute atomic E-state index is 12.3. The number of carbonyl (C=O) groups is 2. The van der Waals surface area contributed by atoms with E-state index >= 15 is 0 Å². The van der Waals surface area contributed by atoms with Gasteiger partial charge in [-0.25, -0.2) is 0 Å². The Morgan fingerprint density at radius 2 is 1.59 bits per heavy atom. The van der Waals surface area contributed by atoms with Gasteiger partial charge in [0.2, 0.25) is 11.8 Å². The lowest BCUT2D eigenvalue weighted by molar-refractivity contribution is -0.152. The Morgan fingerprint density at radius 3 is 2.00 bits per heavy atom. The molecule has 2 rings (SSSR count). The molecular weight excluding hydrogens is 274 g/mol. The summed E-state index contributed by atoms with van der Waals surface area (Å²) in [6.07, 6.45) is 9.72. The summed E-state index contributed by atoms with van der Waals surface area (Å²) in [5.41, 5.74) is 1.58. The zero-order chi connectivity index (χ0) is 16.5. The molecule has 0 atom stereocenters. The summed E-state index contributed by atoms with van der Waals surface area (Å²) < 4.78 is 0. The number of hydrogen-bond donors (Lipinski definition) is 0. The van der Waals surface area contributed by atoms with Gasteiger partial charge in [-0.1, -0.05) is 56.9 Å². The Bertz CT molecular complexity index is 569. The number of allylic oxidation sites excluding steroid dienone is 4. The van der Waals surface area contributed by atoms with Gasteiger partial charge >= 0.3 is 0 Å². The van der Waals surface area contributed by atoms with E-state index in [1.165, 1.54) is 4.90 Å². The highest BCUT2D eigenvalue weighted by atomic mass is 16.2. The Labute approximate surface area is 133 Å². The van der Waals surface area contributed by atoms with Gasteiger partial charge in [0.05, 0.1) is 5.54 Å². The van der Waals surface area contributed by atoms with Crippen LogP contribution in [0.15, 0.2) is 48.6 Å². The number of amides is 2. The predicted octanol–water partition coefficient (Wildman–Crippen LogP) is 3.94. The normalized spacial score (nSPS) is 24.2. The third-order valence-electron chi connectivity index (χ3n) is 4.63. The molecule has 0 radical (unpaired) electrons. The Kier molecular flexibility index (Phi) is 4.28. The third-order valence-corrected chi connectivity index (χ3v) is 4.63. The molecule has 1 saturated heterocycles. The van der Waals surface area contributed by atoms with Crippen molar-refractivity contribution in [3.63, 3.8) is 0 Å². The van der Waals surface area contributed by atoms with Crippen LogP contribution >= 0.6 is 0 Å². The highest BCUT2D eigenvalue weighted by Crippen LogP contribution is 2.56. The quantitative estimate of drug-likeness (QED) is 0.569. The number of hydrogen-bond acceptors (Lipinski definition) is 2. The van der Waals surface area contributed by atoms with Crippen molar-refractivity contribution < 1.29 is 9.59 Å². The topological polar surface area (TPSA) is 37.4 Å². The first kappa shape index (κ1) is 16.5. The molecule has 2 fully saturated rings.